The van der Waals surface area contributed by atoms with Crippen molar-refractivity contribution in [2.45, 2.75) is 12.5 Å². The number of sulfone groups is 1. The maximum Gasteiger partial charge on any atom is 0.147 e. The summed E-state index contributed by atoms with van der Waals surface area (Å²) in [5.41, 5.74) is 8.20. The summed E-state index contributed by atoms with van der Waals surface area (Å²) < 4.78 is 22.3. The smallest absolute Gasteiger partial charge is 0.147 e. The summed E-state index contributed by atoms with van der Waals surface area (Å²) in [6.07, 6.45) is 3.15. The third-order valence-electron chi connectivity index (χ3n) is 3.07. The second-order valence-electron chi connectivity index (χ2n) is 4.90. The first kappa shape index (κ1) is 15.2. The van der Waals surface area contributed by atoms with Crippen LogP contribution in [0, 0.1) is 11.3 Å². The van der Waals surface area contributed by atoms with Crippen LogP contribution in [0.5, 0.6) is 0 Å². The van der Waals surface area contributed by atoms with E-state index >= 15 is 0 Å². The van der Waals surface area contributed by atoms with Gasteiger partial charge in [0.15, 0.2) is 0 Å². The molecule has 0 spiro atoms. The van der Waals surface area contributed by atoms with Crippen LogP contribution >= 0.6 is 0 Å². The van der Waals surface area contributed by atoms with Crippen molar-refractivity contribution < 1.29 is 8.42 Å². The molecular weight excluding hydrogens is 288 g/mol. The van der Waals surface area contributed by atoms with Gasteiger partial charge in [0.25, 0.3) is 0 Å². The van der Waals surface area contributed by atoms with Crippen LogP contribution in [-0.4, -0.2) is 30.4 Å². The van der Waals surface area contributed by atoms with Crippen LogP contribution in [0.2, 0.25) is 0 Å². The highest BCUT2D eigenvalue weighted by atomic mass is 32.2. The normalized spacial score (nSPS) is 12.8. The van der Waals surface area contributed by atoms with Crippen molar-refractivity contribution in [3.8, 4) is 17.3 Å². The molecule has 0 aliphatic carbocycles. The zero-order valence-electron chi connectivity index (χ0n) is 11.6. The summed E-state index contributed by atoms with van der Waals surface area (Å²) in [7, 11) is -3.03. The van der Waals surface area contributed by atoms with Crippen molar-refractivity contribution in [1.29, 1.82) is 5.26 Å². The first-order chi connectivity index (χ1) is 9.89. The van der Waals surface area contributed by atoms with E-state index in [1.165, 1.54) is 6.26 Å². The monoisotopic (exact) mass is 304 g/mol. The van der Waals surface area contributed by atoms with E-state index in [4.69, 9.17) is 11.0 Å². The van der Waals surface area contributed by atoms with Crippen LogP contribution in [0.15, 0.2) is 30.5 Å². The molecule has 0 saturated heterocycles. The molecule has 3 N–H and O–H groups in total. The average Bonchev–Trinajstić information content (AvgIpc) is 2.94. The number of aromatic amines is 1. The van der Waals surface area contributed by atoms with Crippen molar-refractivity contribution in [2.75, 3.05) is 12.0 Å². The third kappa shape index (κ3) is 4.15. The summed E-state index contributed by atoms with van der Waals surface area (Å²) in [6.45, 7) is 0. The molecular formula is C14H16N4O2S. The number of hydrogen-bond acceptors (Lipinski definition) is 5. The van der Waals surface area contributed by atoms with E-state index in [0.717, 1.165) is 11.3 Å². The van der Waals surface area contributed by atoms with E-state index in [0.29, 0.717) is 17.8 Å². The lowest BCUT2D eigenvalue weighted by Gasteiger charge is -2.07. The number of hydrogen-bond donors (Lipinski definition) is 2. The van der Waals surface area contributed by atoms with E-state index in [2.05, 4.69) is 16.0 Å². The Labute approximate surface area is 123 Å². The molecule has 0 saturated carbocycles. The highest BCUT2D eigenvalue weighted by molar-refractivity contribution is 7.90. The van der Waals surface area contributed by atoms with Crippen molar-refractivity contribution in [2.24, 2.45) is 5.73 Å². The van der Waals surface area contributed by atoms with E-state index in [-0.39, 0.29) is 5.75 Å². The van der Waals surface area contributed by atoms with Gasteiger partial charge < -0.3 is 10.7 Å². The maximum absolute atomic E-state index is 11.1. The van der Waals surface area contributed by atoms with Gasteiger partial charge in [-0.3, -0.25) is 0 Å². The van der Waals surface area contributed by atoms with Gasteiger partial charge in [0.1, 0.15) is 15.7 Å². The minimum atomic E-state index is -3.03. The number of nitrogens with one attached hydrogen (secondary N) is 1. The van der Waals surface area contributed by atoms with Gasteiger partial charge in [-0.05, 0) is 24.1 Å². The molecule has 0 aliphatic heterocycles. The molecule has 2 rings (SSSR count). The number of benzene rings is 1. The summed E-state index contributed by atoms with van der Waals surface area (Å²) in [5, 5.41) is 8.76. The topological polar surface area (TPSA) is 113 Å². The lowest BCUT2D eigenvalue weighted by Crippen LogP contribution is -2.16. The molecule has 1 aromatic carbocycles. The standard InChI is InChI=1S/C14H16N4O2S/c1-21(19,20)7-6-12(16)14-17-9-13(18-14)11-4-2-10(8-15)3-5-11/h2-5,9,12H,6-7,16H2,1H3,(H,17,18). The second kappa shape index (κ2) is 6.08. The van der Waals surface area contributed by atoms with E-state index in [1.807, 2.05) is 12.1 Å². The Bertz CT molecular complexity index is 757. The fourth-order valence-corrected chi connectivity index (χ4v) is 2.56. The Hall–Kier alpha value is -2.17. The van der Waals surface area contributed by atoms with Gasteiger partial charge in [-0.1, -0.05) is 12.1 Å². The van der Waals surface area contributed by atoms with Gasteiger partial charge in [0, 0.05) is 6.26 Å². The third-order valence-corrected chi connectivity index (χ3v) is 4.05. The Morgan fingerprint density at radius 2 is 2.05 bits per heavy atom. The number of aromatic nitrogens is 2. The summed E-state index contributed by atoms with van der Waals surface area (Å²) in [6, 6.07) is 8.68. The van der Waals surface area contributed by atoms with E-state index < -0.39 is 15.9 Å². The van der Waals surface area contributed by atoms with Gasteiger partial charge in [0.2, 0.25) is 0 Å². The SMILES string of the molecule is CS(=O)(=O)CCC(N)c1ncc(-c2ccc(C#N)cc2)[nH]1. The minimum Gasteiger partial charge on any atom is -0.341 e. The highest BCUT2D eigenvalue weighted by Crippen LogP contribution is 2.20. The van der Waals surface area contributed by atoms with Gasteiger partial charge in [-0.2, -0.15) is 5.26 Å². The van der Waals surface area contributed by atoms with E-state index in [1.54, 1.807) is 18.3 Å². The Balaban J connectivity index is 2.11. The molecule has 7 heteroatoms. The molecule has 6 nitrogen and oxygen atoms in total. The Morgan fingerprint density at radius 1 is 1.38 bits per heavy atom. The molecule has 1 unspecified atom stereocenters. The number of nitrogens with zero attached hydrogens (tertiary/aromatic N) is 2. The van der Waals surface area contributed by atoms with Crippen molar-refractivity contribution in [3.63, 3.8) is 0 Å². The molecule has 1 aromatic heterocycles. The molecule has 0 bridgehead atoms. The molecule has 0 fully saturated rings. The second-order valence-corrected chi connectivity index (χ2v) is 7.16. The summed E-state index contributed by atoms with van der Waals surface area (Å²) >= 11 is 0. The van der Waals surface area contributed by atoms with Crippen molar-refractivity contribution >= 4 is 9.84 Å². The summed E-state index contributed by atoms with van der Waals surface area (Å²) in [4.78, 5) is 7.28. The number of nitrogens with two attached hydrogens (primary N) is 1. The lowest BCUT2D eigenvalue weighted by molar-refractivity contribution is 0.588. The molecule has 1 heterocycles. The Morgan fingerprint density at radius 3 is 2.62 bits per heavy atom. The van der Waals surface area contributed by atoms with Crippen molar-refractivity contribution in [3.05, 3.63) is 41.9 Å². The number of imidazole rings is 1. The minimum absolute atomic E-state index is 0.0288. The van der Waals surface area contributed by atoms with Gasteiger partial charge in [-0.15, -0.1) is 0 Å². The summed E-state index contributed by atoms with van der Waals surface area (Å²) in [5.74, 6) is 0.583. The average molecular weight is 304 g/mol. The highest BCUT2D eigenvalue weighted by Gasteiger charge is 2.14. The molecule has 2 aromatic rings. The maximum atomic E-state index is 11.1. The zero-order chi connectivity index (χ0) is 15.5. The van der Waals surface area contributed by atoms with Crippen LogP contribution < -0.4 is 5.73 Å². The fraction of sp³-hybridized carbons (Fsp3) is 0.286. The molecule has 1 atom stereocenters. The van der Waals surface area contributed by atoms with Crippen LogP contribution in [-0.2, 0) is 9.84 Å². The van der Waals surface area contributed by atoms with Crippen LogP contribution in [0.4, 0.5) is 0 Å². The molecule has 0 aliphatic rings. The van der Waals surface area contributed by atoms with Gasteiger partial charge >= 0.3 is 0 Å². The quantitative estimate of drug-likeness (QED) is 0.866. The number of nitriles is 1. The number of rotatable bonds is 5. The molecule has 0 radical (unpaired) electrons. The predicted molar refractivity (Wildman–Crippen MR) is 80.0 cm³/mol. The van der Waals surface area contributed by atoms with Crippen LogP contribution in [0.25, 0.3) is 11.3 Å². The van der Waals surface area contributed by atoms with Crippen LogP contribution in [0.1, 0.15) is 23.9 Å². The fourth-order valence-electron chi connectivity index (χ4n) is 1.87. The van der Waals surface area contributed by atoms with Crippen LogP contribution in [0.3, 0.4) is 0 Å². The zero-order valence-corrected chi connectivity index (χ0v) is 12.4. The van der Waals surface area contributed by atoms with Gasteiger partial charge in [0.05, 0.1) is 35.3 Å². The molecule has 21 heavy (non-hydrogen) atoms. The number of H-pyrrole nitrogens is 1. The first-order valence-corrected chi connectivity index (χ1v) is 8.44. The molecule has 0 amide bonds. The first-order valence-electron chi connectivity index (χ1n) is 6.38. The van der Waals surface area contributed by atoms with Gasteiger partial charge in [-0.25, -0.2) is 13.4 Å². The molecule has 110 valence electrons. The predicted octanol–water partition coefficient (Wildman–Crippen LogP) is 1.38. The largest absolute Gasteiger partial charge is 0.341 e. The van der Waals surface area contributed by atoms with Crippen molar-refractivity contribution in [1.82, 2.24) is 9.97 Å². The lowest BCUT2D eigenvalue weighted by atomic mass is 10.1. The van der Waals surface area contributed by atoms with E-state index in [9.17, 15) is 8.42 Å². The Kier molecular flexibility index (Phi) is 4.40.